The Morgan fingerprint density at radius 3 is 1.58 bits per heavy atom. The van der Waals surface area contributed by atoms with E-state index in [0.717, 1.165) is 20.3 Å². The van der Waals surface area contributed by atoms with E-state index in [-0.39, 0.29) is 0 Å². The number of methoxy groups -OCH3 is 2. The molecule has 0 saturated carbocycles. The summed E-state index contributed by atoms with van der Waals surface area (Å²) in [5.74, 6) is -10.8. The van der Waals surface area contributed by atoms with Crippen LogP contribution in [0.4, 0.5) is 43.9 Å². The van der Waals surface area contributed by atoms with Crippen molar-refractivity contribution in [2.24, 2.45) is 0 Å². The summed E-state index contributed by atoms with van der Waals surface area (Å²) in [6, 6.07) is 1.52. The number of carbonyl (C=O) groups is 2. The molecule has 0 N–H and O–H groups in total. The number of ether oxygens (including phenoxy) is 4. The first kappa shape index (κ1) is 26.3. The Hall–Kier alpha value is -2.78. The van der Waals surface area contributed by atoms with Crippen LogP contribution in [0.25, 0.3) is 0 Å². The largest absolute Gasteiger partial charge is 0.465 e. The van der Waals surface area contributed by atoms with Gasteiger partial charge in [0.15, 0.2) is 0 Å². The number of hydrogen-bond donors (Lipinski definition) is 0. The van der Waals surface area contributed by atoms with E-state index in [1.54, 1.807) is 0 Å². The molecule has 0 aliphatic carbocycles. The summed E-state index contributed by atoms with van der Waals surface area (Å²) in [5, 5.41) is 0. The van der Waals surface area contributed by atoms with Crippen LogP contribution in [0.2, 0.25) is 0 Å². The van der Waals surface area contributed by atoms with E-state index in [1.165, 1.54) is 0 Å². The van der Waals surface area contributed by atoms with Gasteiger partial charge in [0, 0.05) is 0 Å². The molecule has 16 heteroatoms. The molecule has 0 aliphatic heterocycles. The number of alkyl halides is 10. The van der Waals surface area contributed by atoms with Crippen LogP contribution >= 0.6 is 0 Å². The van der Waals surface area contributed by atoms with Gasteiger partial charge in [-0.05, 0) is 18.2 Å². The van der Waals surface area contributed by atoms with E-state index in [4.69, 9.17) is 0 Å². The van der Waals surface area contributed by atoms with Crippen LogP contribution in [-0.2, 0) is 14.2 Å². The zero-order valence-corrected chi connectivity index (χ0v) is 15.0. The Morgan fingerprint density at radius 2 is 1.23 bits per heavy atom. The van der Waals surface area contributed by atoms with Crippen LogP contribution in [0.15, 0.2) is 18.2 Å². The quantitative estimate of drug-likeness (QED) is 0.411. The fraction of sp³-hybridized carbons (Fsp3) is 0.467. The van der Waals surface area contributed by atoms with Crippen molar-refractivity contribution in [1.82, 2.24) is 0 Å². The SMILES string of the molecule is COC(=O)c1cc(OC(F)(F)C(F)OC(F)(F)C(F)(F)C(F)(F)F)cc(C(=O)OC)c1. The van der Waals surface area contributed by atoms with Crippen LogP contribution in [0.5, 0.6) is 5.75 Å². The van der Waals surface area contributed by atoms with Crippen molar-refractivity contribution in [3.05, 3.63) is 29.3 Å². The lowest BCUT2D eigenvalue weighted by Gasteiger charge is -2.30. The van der Waals surface area contributed by atoms with Crippen LogP contribution < -0.4 is 4.74 Å². The number of benzene rings is 1. The van der Waals surface area contributed by atoms with Crippen LogP contribution in [0.1, 0.15) is 20.7 Å². The zero-order valence-electron chi connectivity index (χ0n) is 15.0. The Kier molecular flexibility index (Phi) is 7.42. The van der Waals surface area contributed by atoms with Gasteiger partial charge in [0.05, 0.1) is 25.3 Å². The summed E-state index contributed by atoms with van der Waals surface area (Å²) in [6.07, 6.45) is -24.2. The number of rotatable bonds is 8. The second-order valence-electron chi connectivity index (χ2n) is 5.42. The van der Waals surface area contributed by atoms with Crippen molar-refractivity contribution in [2.45, 2.75) is 30.7 Å². The van der Waals surface area contributed by atoms with Gasteiger partial charge in [-0.3, -0.25) is 4.74 Å². The average Bonchev–Trinajstić information content (AvgIpc) is 2.64. The molecule has 0 radical (unpaired) electrons. The minimum atomic E-state index is -7.04. The third kappa shape index (κ3) is 5.68. The van der Waals surface area contributed by atoms with Crippen LogP contribution in [0.3, 0.4) is 0 Å². The Balaban J connectivity index is 3.23. The van der Waals surface area contributed by atoms with Gasteiger partial charge in [0.1, 0.15) is 5.75 Å². The van der Waals surface area contributed by atoms with Gasteiger partial charge in [-0.1, -0.05) is 0 Å². The molecule has 1 aromatic rings. The van der Waals surface area contributed by atoms with E-state index < -0.39 is 59.5 Å². The highest BCUT2D eigenvalue weighted by Gasteiger charge is 2.76. The van der Waals surface area contributed by atoms with Gasteiger partial charge in [-0.2, -0.15) is 39.5 Å². The number of hydrogen-bond acceptors (Lipinski definition) is 6. The monoisotopic (exact) mass is 476 g/mol. The summed E-state index contributed by atoms with van der Waals surface area (Å²) in [5.41, 5.74) is -1.33. The van der Waals surface area contributed by atoms with E-state index in [9.17, 15) is 53.5 Å². The van der Waals surface area contributed by atoms with Crippen LogP contribution in [0, 0.1) is 0 Å². The lowest BCUT2D eigenvalue weighted by Crippen LogP contribution is -2.56. The first-order valence-corrected chi connectivity index (χ1v) is 7.42. The highest BCUT2D eigenvalue weighted by molar-refractivity contribution is 5.96. The standard InChI is InChI=1S/C15H10F10O6/c1-28-9(26)6-3-7(10(27)29-2)5-8(4-6)30-12(17,18)11(16)31-15(24,25)13(19,20)14(21,22)23/h3-5,11H,1-2H3. The molecule has 0 amide bonds. The predicted molar refractivity (Wildman–Crippen MR) is 76.6 cm³/mol. The zero-order chi connectivity index (χ0) is 24.4. The molecular weight excluding hydrogens is 466 g/mol. The lowest BCUT2D eigenvalue weighted by atomic mass is 10.1. The van der Waals surface area contributed by atoms with Crippen molar-refractivity contribution in [3.63, 3.8) is 0 Å². The summed E-state index contributed by atoms with van der Waals surface area (Å²) >= 11 is 0. The molecule has 31 heavy (non-hydrogen) atoms. The third-order valence-electron chi connectivity index (χ3n) is 3.24. The van der Waals surface area contributed by atoms with E-state index in [0.29, 0.717) is 12.1 Å². The topological polar surface area (TPSA) is 71.1 Å². The fourth-order valence-corrected chi connectivity index (χ4v) is 1.77. The molecule has 0 saturated heterocycles. The summed E-state index contributed by atoms with van der Waals surface area (Å²) < 4.78 is 143. The Labute approximate surface area is 165 Å². The number of halogens is 10. The smallest absolute Gasteiger partial charge is 0.462 e. The van der Waals surface area contributed by atoms with Crippen LogP contribution in [-0.4, -0.2) is 56.8 Å². The molecular formula is C15H10F10O6. The van der Waals surface area contributed by atoms with Crippen molar-refractivity contribution < 1.29 is 72.4 Å². The summed E-state index contributed by atoms with van der Waals surface area (Å²) in [6.45, 7) is 0. The normalized spacial score (nSPS) is 14.1. The number of carbonyl (C=O) groups excluding carboxylic acids is 2. The van der Waals surface area contributed by atoms with E-state index in [2.05, 4.69) is 18.9 Å². The highest BCUT2D eigenvalue weighted by Crippen LogP contribution is 2.48. The average molecular weight is 476 g/mol. The third-order valence-corrected chi connectivity index (χ3v) is 3.24. The van der Waals surface area contributed by atoms with E-state index in [1.807, 2.05) is 0 Å². The summed E-state index contributed by atoms with van der Waals surface area (Å²) in [4.78, 5) is 23.0. The van der Waals surface area contributed by atoms with Gasteiger partial charge in [-0.15, -0.1) is 0 Å². The fourth-order valence-electron chi connectivity index (χ4n) is 1.77. The van der Waals surface area contributed by atoms with E-state index >= 15 is 0 Å². The predicted octanol–water partition coefficient (Wildman–Crippen LogP) is 4.33. The lowest BCUT2D eigenvalue weighted by molar-refractivity contribution is -0.460. The first-order valence-electron chi connectivity index (χ1n) is 7.42. The first-order chi connectivity index (χ1) is 13.9. The Morgan fingerprint density at radius 1 is 0.806 bits per heavy atom. The maximum absolute atomic E-state index is 13.7. The second kappa shape index (κ2) is 8.76. The molecule has 0 bridgehead atoms. The van der Waals surface area contributed by atoms with Gasteiger partial charge >= 0.3 is 42.6 Å². The minimum Gasteiger partial charge on any atom is -0.465 e. The van der Waals surface area contributed by atoms with Gasteiger partial charge in [0.25, 0.3) is 0 Å². The molecule has 1 rings (SSSR count). The maximum atomic E-state index is 13.7. The summed E-state index contributed by atoms with van der Waals surface area (Å²) in [7, 11) is 1.66. The van der Waals surface area contributed by atoms with Crippen molar-refractivity contribution in [1.29, 1.82) is 0 Å². The highest BCUT2D eigenvalue weighted by atomic mass is 19.4. The van der Waals surface area contributed by atoms with Crippen molar-refractivity contribution in [2.75, 3.05) is 14.2 Å². The molecule has 6 nitrogen and oxygen atoms in total. The van der Waals surface area contributed by atoms with Gasteiger partial charge in [0.2, 0.25) is 0 Å². The molecule has 1 atom stereocenters. The molecule has 1 aromatic carbocycles. The second-order valence-corrected chi connectivity index (χ2v) is 5.42. The van der Waals surface area contributed by atoms with Crippen molar-refractivity contribution in [3.8, 4) is 5.75 Å². The molecule has 0 aliphatic rings. The molecule has 0 fully saturated rings. The van der Waals surface area contributed by atoms with Gasteiger partial charge < -0.3 is 14.2 Å². The molecule has 0 spiro atoms. The minimum absolute atomic E-state index is 0.390. The van der Waals surface area contributed by atoms with Gasteiger partial charge in [-0.25, -0.2) is 14.0 Å². The van der Waals surface area contributed by atoms with Crippen molar-refractivity contribution >= 4 is 11.9 Å². The molecule has 1 unspecified atom stereocenters. The maximum Gasteiger partial charge on any atom is 0.462 e. The Bertz CT molecular complexity index is 789. The molecule has 0 heterocycles. The molecule has 0 aromatic heterocycles. The number of esters is 2. The molecule has 176 valence electrons.